The van der Waals surface area contributed by atoms with Gasteiger partial charge >= 0.3 is 5.97 Å². The lowest BCUT2D eigenvalue weighted by Gasteiger charge is -2.41. The van der Waals surface area contributed by atoms with Gasteiger partial charge in [-0.2, -0.15) is 0 Å². The van der Waals surface area contributed by atoms with Gasteiger partial charge in [-0.3, -0.25) is 9.69 Å². The number of aryl methyl sites for hydroxylation is 1. The highest BCUT2D eigenvalue weighted by molar-refractivity contribution is 5.75. The van der Waals surface area contributed by atoms with Crippen LogP contribution in [0.5, 0.6) is 11.5 Å². The van der Waals surface area contributed by atoms with Gasteiger partial charge in [0.15, 0.2) is 11.5 Å². The van der Waals surface area contributed by atoms with Gasteiger partial charge in [-0.25, -0.2) is 4.39 Å². The summed E-state index contributed by atoms with van der Waals surface area (Å²) in [7, 11) is 3.21. The van der Waals surface area contributed by atoms with Gasteiger partial charge in [-0.1, -0.05) is 42.5 Å². The summed E-state index contributed by atoms with van der Waals surface area (Å²) >= 11 is 0. The maximum atomic E-state index is 13.4. The highest BCUT2D eigenvalue weighted by Gasteiger charge is 2.37. The summed E-state index contributed by atoms with van der Waals surface area (Å²) in [6.45, 7) is 0.600. The van der Waals surface area contributed by atoms with E-state index in [1.165, 1.54) is 12.1 Å². The van der Waals surface area contributed by atoms with Crippen LogP contribution in [0.2, 0.25) is 0 Å². The Morgan fingerprint density at radius 3 is 2.36 bits per heavy atom. The number of hydrogen-bond donors (Lipinski definition) is 1. The SMILES string of the molecule is COc1cc2c(cc1OC)C(CCc1ccc(F)cc1)N(C(C(=O)O)c1ccccc1)CC2. The Labute approximate surface area is 193 Å². The van der Waals surface area contributed by atoms with Gasteiger partial charge in [0.05, 0.1) is 14.2 Å². The molecule has 0 bridgehead atoms. The first kappa shape index (κ1) is 22.8. The molecule has 0 saturated carbocycles. The summed E-state index contributed by atoms with van der Waals surface area (Å²) in [6.07, 6.45) is 2.08. The molecule has 5 nitrogen and oxygen atoms in total. The number of benzene rings is 3. The molecular weight excluding hydrogens is 421 g/mol. The molecule has 0 fully saturated rings. The topological polar surface area (TPSA) is 59.0 Å². The molecule has 1 heterocycles. The van der Waals surface area contributed by atoms with Crippen LogP contribution >= 0.6 is 0 Å². The van der Waals surface area contributed by atoms with Crippen LogP contribution in [0.15, 0.2) is 66.7 Å². The summed E-state index contributed by atoms with van der Waals surface area (Å²) in [5.41, 5.74) is 3.93. The zero-order valence-corrected chi connectivity index (χ0v) is 18.8. The Morgan fingerprint density at radius 1 is 1.06 bits per heavy atom. The Kier molecular flexibility index (Phi) is 6.94. The Balaban J connectivity index is 1.75. The van der Waals surface area contributed by atoms with Crippen LogP contribution in [0.1, 0.15) is 40.8 Å². The summed E-state index contributed by atoms with van der Waals surface area (Å²) in [5.74, 6) is 0.142. The van der Waals surface area contributed by atoms with Crippen molar-refractivity contribution in [1.82, 2.24) is 4.90 Å². The van der Waals surface area contributed by atoms with E-state index in [-0.39, 0.29) is 11.9 Å². The fourth-order valence-electron chi connectivity index (χ4n) is 4.74. The van der Waals surface area contributed by atoms with Crippen LogP contribution in [0, 0.1) is 5.82 Å². The summed E-state index contributed by atoms with van der Waals surface area (Å²) in [4.78, 5) is 14.5. The molecule has 3 aromatic rings. The molecule has 0 aromatic heterocycles. The number of hydrogen-bond acceptors (Lipinski definition) is 4. The average Bonchev–Trinajstić information content (AvgIpc) is 2.84. The molecule has 4 rings (SSSR count). The minimum absolute atomic E-state index is 0.153. The molecular formula is C27H28FNO4. The Bertz CT molecular complexity index is 1100. The van der Waals surface area contributed by atoms with Gasteiger partial charge in [-0.15, -0.1) is 0 Å². The van der Waals surface area contributed by atoms with Crippen LogP contribution < -0.4 is 9.47 Å². The maximum Gasteiger partial charge on any atom is 0.325 e. The number of nitrogens with zero attached hydrogens (tertiary/aromatic N) is 1. The average molecular weight is 450 g/mol. The van der Waals surface area contributed by atoms with Crippen molar-refractivity contribution in [3.05, 3.63) is 94.8 Å². The molecule has 0 aliphatic carbocycles. The number of fused-ring (bicyclic) bond motifs is 1. The standard InChI is InChI=1S/C27H28FNO4/c1-32-24-16-20-14-15-29(26(27(30)31)19-6-4-3-5-7-19)23(22(20)17-25(24)33-2)13-10-18-8-11-21(28)12-9-18/h3-9,11-12,16-17,23,26H,10,13-15H2,1-2H3,(H,30,31). The summed E-state index contributed by atoms with van der Waals surface area (Å²) in [5, 5.41) is 10.2. The fraction of sp³-hybridized carbons (Fsp3) is 0.296. The molecule has 33 heavy (non-hydrogen) atoms. The monoisotopic (exact) mass is 449 g/mol. The van der Waals surface area contributed by atoms with E-state index in [1.807, 2.05) is 42.5 Å². The van der Waals surface area contributed by atoms with Crippen molar-refractivity contribution in [2.45, 2.75) is 31.3 Å². The van der Waals surface area contributed by atoms with Gasteiger partial charge < -0.3 is 14.6 Å². The number of ether oxygens (including phenoxy) is 2. The Morgan fingerprint density at radius 2 is 1.73 bits per heavy atom. The molecule has 1 aliphatic rings. The fourth-order valence-corrected chi connectivity index (χ4v) is 4.74. The van der Waals surface area contributed by atoms with Gasteiger partial charge in [-0.05, 0) is 65.8 Å². The first-order chi connectivity index (χ1) is 16.0. The van der Waals surface area contributed by atoms with Crippen molar-refractivity contribution in [3.8, 4) is 11.5 Å². The van der Waals surface area contributed by atoms with Gasteiger partial charge in [0.2, 0.25) is 0 Å². The molecule has 0 radical (unpaired) electrons. The van der Waals surface area contributed by atoms with Crippen molar-refractivity contribution in [2.75, 3.05) is 20.8 Å². The molecule has 1 aliphatic heterocycles. The minimum atomic E-state index is -0.878. The number of carboxylic acids is 1. The van der Waals surface area contributed by atoms with E-state index in [0.717, 1.165) is 22.3 Å². The quantitative estimate of drug-likeness (QED) is 0.512. The number of aliphatic carboxylic acids is 1. The normalized spacial score (nSPS) is 16.6. The minimum Gasteiger partial charge on any atom is -0.493 e. The van der Waals surface area contributed by atoms with Gasteiger partial charge in [0, 0.05) is 12.6 Å². The largest absolute Gasteiger partial charge is 0.493 e. The van der Waals surface area contributed by atoms with Crippen molar-refractivity contribution in [2.24, 2.45) is 0 Å². The number of carboxylic acid groups (broad SMARTS) is 1. The van der Waals surface area contributed by atoms with E-state index < -0.39 is 12.0 Å². The van der Waals surface area contributed by atoms with Crippen LogP contribution in [-0.4, -0.2) is 36.7 Å². The molecule has 0 saturated heterocycles. The first-order valence-corrected chi connectivity index (χ1v) is 11.0. The second-order valence-corrected chi connectivity index (χ2v) is 8.23. The predicted molar refractivity (Wildman–Crippen MR) is 124 cm³/mol. The van der Waals surface area contributed by atoms with E-state index in [0.29, 0.717) is 37.3 Å². The maximum absolute atomic E-state index is 13.4. The van der Waals surface area contributed by atoms with Crippen LogP contribution in [0.3, 0.4) is 0 Å². The molecule has 0 amide bonds. The third kappa shape index (κ3) is 4.86. The lowest BCUT2D eigenvalue weighted by molar-refractivity contribution is -0.145. The molecule has 3 aromatic carbocycles. The highest BCUT2D eigenvalue weighted by Crippen LogP contribution is 2.43. The van der Waals surface area contributed by atoms with E-state index in [4.69, 9.17) is 9.47 Å². The van der Waals surface area contributed by atoms with Crippen molar-refractivity contribution < 1.29 is 23.8 Å². The second-order valence-electron chi connectivity index (χ2n) is 8.23. The van der Waals surface area contributed by atoms with E-state index >= 15 is 0 Å². The smallest absolute Gasteiger partial charge is 0.325 e. The third-order valence-corrected chi connectivity index (χ3v) is 6.34. The number of halogens is 1. The molecule has 1 N–H and O–H groups in total. The third-order valence-electron chi connectivity index (χ3n) is 6.34. The summed E-state index contributed by atoms with van der Waals surface area (Å²) < 4.78 is 24.4. The van der Waals surface area contributed by atoms with E-state index in [1.54, 1.807) is 26.4 Å². The molecule has 2 atom stereocenters. The van der Waals surface area contributed by atoms with Gasteiger partial charge in [0.1, 0.15) is 11.9 Å². The lowest BCUT2D eigenvalue weighted by Crippen LogP contribution is -2.41. The second kappa shape index (κ2) is 10.0. The molecule has 172 valence electrons. The molecule has 2 unspecified atom stereocenters. The molecule has 0 spiro atoms. The van der Waals surface area contributed by atoms with E-state index in [2.05, 4.69) is 4.90 Å². The van der Waals surface area contributed by atoms with Crippen LogP contribution in [0.25, 0.3) is 0 Å². The first-order valence-electron chi connectivity index (χ1n) is 11.0. The van der Waals surface area contributed by atoms with Gasteiger partial charge in [0.25, 0.3) is 0 Å². The zero-order valence-electron chi connectivity index (χ0n) is 18.8. The van der Waals surface area contributed by atoms with Crippen LogP contribution in [0.4, 0.5) is 4.39 Å². The van der Waals surface area contributed by atoms with Crippen molar-refractivity contribution in [3.63, 3.8) is 0 Å². The van der Waals surface area contributed by atoms with E-state index in [9.17, 15) is 14.3 Å². The zero-order chi connectivity index (χ0) is 23.4. The summed E-state index contributed by atoms with van der Waals surface area (Å²) in [6, 6.07) is 18.9. The molecule has 6 heteroatoms. The lowest BCUT2D eigenvalue weighted by atomic mass is 9.86. The van der Waals surface area contributed by atoms with Crippen molar-refractivity contribution in [1.29, 1.82) is 0 Å². The van der Waals surface area contributed by atoms with Crippen LogP contribution in [-0.2, 0) is 17.6 Å². The Hall–Kier alpha value is -3.38. The highest BCUT2D eigenvalue weighted by atomic mass is 19.1. The number of carbonyl (C=O) groups is 1. The van der Waals surface area contributed by atoms with Crippen molar-refractivity contribution >= 4 is 5.97 Å². The predicted octanol–water partition coefficient (Wildman–Crippen LogP) is 5.20. The number of methoxy groups -OCH3 is 2. The number of rotatable bonds is 8.